The number of carbonyl (C=O) groups is 1. The molecule has 5 heteroatoms. The zero-order chi connectivity index (χ0) is 13.8. The third-order valence-electron chi connectivity index (χ3n) is 2.55. The number of aromatic nitrogens is 1. The van der Waals surface area contributed by atoms with E-state index in [1.807, 2.05) is 31.2 Å². The van der Waals surface area contributed by atoms with Crippen molar-refractivity contribution in [3.05, 3.63) is 50.4 Å². The summed E-state index contributed by atoms with van der Waals surface area (Å²) in [5.74, 6) is -0.353. The second-order valence-corrected chi connectivity index (χ2v) is 5.76. The number of nitrogens with zero attached hydrogens (tertiary/aromatic N) is 1. The Bertz CT molecular complexity index is 595. The lowest BCUT2D eigenvalue weighted by atomic mass is 10.2. The van der Waals surface area contributed by atoms with Crippen LogP contribution in [0.5, 0.6) is 0 Å². The monoisotopic (exact) mass is 295 g/mol. The number of halogens is 1. The molecular formula is C14H14ClNO2S. The molecule has 2 aromatic rings. The van der Waals surface area contributed by atoms with Gasteiger partial charge in [-0.05, 0) is 31.5 Å². The van der Waals surface area contributed by atoms with Crippen LogP contribution in [-0.4, -0.2) is 17.6 Å². The summed E-state index contributed by atoms with van der Waals surface area (Å²) >= 11 is 7.46. The van der Waals surface area contributed by atoms with E-state index >= 15 is 0 Å². The maximum absolute atomic E-state index is 11.7. The number of aryl methyl sites for hydroxylation is 1. The molecule has 0 unspecified atom stereocenters. The molecule has 100 valence electrons. The van der Waals surface area contributed by atoms with Gasteiger partial charge in [0, 0.05) is 16.3 Å². The molecule has 0 saturated heterocycles. The van der Waals surface area contributed by atoms with Gasteiger partial charge in [0.25, 0.3) is 0 Å². The number of hydrogen-bond donors (Lipinski definition) is 0. The van der Waals surface area contributed by atoms with E-state index in [0.717, 1.165) is 15.4 Å². The van der Waals surface area contributed by atoms with Crippen LogP contribution in [0.4, 0.5) is 0 Å². The zero-order valence-electron chi connectivity index (χ0n) is 10.8. The Labute approximate surface area is 121 Å². The van der Waals surface area contributed by atoms with E-state index in [2.05, 4.69) is 4.98 Å². The Balaban J connectivity index is 2.18. The quantitative estimate of drug-likeness (QED) is 0.804. The summed E-state index contributed by atoms with van der Waals surface area (Å²) in [6, 6.07) is 7.64. The fraction of sp³-hybridized carbons (Fsp3) is 0.286. The van der Waals surface area contributed by atoms with Crippen molar-refractivity contribution in [2.75, 3.05) is 6.61 Å². The average molecular weight is 296 g/mol. The number of rotatable bonds is 4. The number of esters is 1. The van der Waals surface area contributed by atoms with Crippen LogP contribution in [0.2, 0.25) is 5.02 Å². The molecule has 0 radical (unpaired) electrons. The maximum atomic E-state index is 11.7. The van der Waals surface area contributed by atoms with E-state index < -0.39 is 0 Å². The molecule has 19 heavy (non-hydrogen) atoms. The first-order chi connectivity index (χ1) is 9.10. The largest absolute Gasteiger partial charge is 0.461 e. The highest BCUT2D eigenvalue weighted by atomic mass is 35.5. The van der Waals surface area contributed by atoms with Crippen molar-refractivity contribution in [1.82, 2.24) is 4.98 Å². The lowest BCUT2D eigenvalue weighted by Crippen LogP contribution is -2.06. The van der Waals surface area contributed by atoms with Gasteiger partial charge in [0.05, 0.1) is 11.6 Å². The van der Waals surface area contributed by atoms with Gasteiger partial charge in [-0.3, -0.25) is 0 Å². The SMILES string of the molecule is CCOC(=O)c1nc(Cc2cccc(Cl)c2)sc1C. The van der Waals surface area contributed by atoms with E-state index in [9.17, 15) is 4.79 Å². The Hall–Kier alpha value is -1.39. The van der Waals surface area contributed by atoms with Crippen LogP contribution in [0.3, 0.4) is 0 Å². The van der Waals surface area contributed by atoms with Crippen molar-refractivity contribution >= 4 is 28.9 Å². The number of hydrogen-bond acceptors (Lipinski definition) is 4. The molecule has 3 nitrogen and oxygen atoms in total. The van der Waals surface area contributed by atoms with Gasteiger partial charge in [0.2, 0.25) is 0 Å². The molecule has 0 aliphatic rings. The second kappa shape index (κ2) is 6.17. The number of benzene rings is 1. The molecule has 0 saturated carbocycles. The highest BCUT2D eigenvalue weighted by Crippen LogP contribution is 2.22. The topological polar surface area (TPSA) is 39.2 Å². The minimum atomic E-state index is -0.353. The number of thiazole rings is 1. The average Bonchev–Trinajstić information content (AvgIpc) is 2.70. The van der Waals surface area contributed by atoms with E-state index in [0.29, 0.717) is 23.7 Å². The Morgan fingerprint density at radius 1 is 1.47 bits per heavy atom. The molecule has 0 amide bonds. The van der Waals surface area contributed by atoms with Gasteiger partial charge in [-0.1, -0.05) is 23.7 Å². The van der Waals surface area contributed by atoms with Crippen molar-refractivity contribution in [2.24, 2.45) is 0 Å². The van der Waals surface area contributed by atoms with Gasteiger partial charge in [-0.15, -0.1) is 11.3 Å². The predicted octanol–water partition coefficient (Wildman–Crippen LogP) is 3.87. The highest BCUT2D eigenvalue weighted by molar-refractivity contribution is 7.11. The molecule has 1 heterocycles. The second-order valence-electron chi connectivity index (χ2n) is 4.04. The fourth-order valence-electron chi connectivity index (χ4n) is 1.74. The zero-order valence-corrected chi connectivity index (χ0v) is 12.3. The number of ether oxygens (including phenoxy) is 1. The van der Waals surface area contributed by atoms with Gasteiger partial charge in [0.1, 0.15) is 0 Å². The lowest BCUT2D eigenvalue weighted by Gasteiger charge is -1.99. The van der Waals surface area contributed by atoms with Crippen LogP contribution in [0, 0.1) is 6.92 Å². The van der Waals surface area contributed by atoms with Crippen molar-refractivity contribution in [2.45, 2.75) is 20.3 Å². The molecular weight excluding hydrogens is 282 g/mol. The third kappa shape index (κ3) is 3.55. The third-order valence-corrected chi connectivity index (χ3v) is 3.76. The van der Waals surface area contributed by atoms with E-state index in [4.69, 9.17) is 16.3 Å². The van der Waals surface area contributed by atoms with Crippen molar-refractivity contribution < 1.29 is 9.53 Å². The molecule has 0 aliphatic heterocycles. The van der Waals surface area contributed by atoms with E-state index in [1.165, 1.54) is 11.3 Å². The minimum absolute atomic E-state index is 0.353. The van der Waals surface area contributed by atoms with Crippen LogP contribution in [0.1, 0.15) is 32.9 Å². The minimum Gasteiger partial charge on any atom is -0.461 e. The fourth-order valence-corrected chi connectivity index (χ4v) is 2.91. The predicted molar refractivity (Wildman–Crippen MR) is 77.1 cm³/mol. The summed E-state index contributed by atoms with van der Waals surface area (Å²) in [6.45, 7) is 4.03. The Morgan fingerprint density at radius 3 is 2.95 bits per heavy atom. The summed E-state index contributed by atoms with van der Waals surface area (Å²) in [7, 11) is 0. The number of carbonyl (C=O) groups excluding carboxylic acids is 1. The maximum Gasteiger partial charge on any atom is 0.358 e. The van der Waals surface area contributed by atoms with Gasteiger partial charge in [-0.25, -0.2) is 9.78 Å². The van der Waals surface area contributed by atoms with Gasteiger partial charge < -0.3 is 4.74 Å². The molecule has 0 aliphatic carbocycles. The summed E-state index contributed by atoms with van der Waals surface area (Å²) in [5, 5.41) is 1.60. The van der Waals surface area contributed by atoms with Gasteiger partial charge in [-0.2, -0.15) is 0 Å². The molecule has 1 aromatic carbocycles. The smallest absolute Gasteiger partial charge is 0.358 e. The molecule has 0 fully saturated rings. The molecule has 1 aromatic heterocycles. The standard InChI is InChI=1S/C14H14ClNO2S/c1-3-18-14(17)13-9(2)19-12(16-13)8-10-5-4-6-11(15)7-10/h4-7H,3,8H2,1-2H3. The van der Waals surface area contributed by atoms with Gasteiger partial charge >= 0.3 is 5.97 Å². The van der Waals surface area contributed by atoms with Crippen molar-refractivity contribution in [1.29, 1.82) is 0 Å². The first-order valence-corrected chi connectivity index (χ1v) is 7.17. The molecule has 0 spiro atoms. The van der Waals surface area contributed by atoms with Crippen molar-refractivity contribution in [3.8, 4) is 0 Å². The van der Waals surface area contributed by atoms with Crippen LogP contribution < -0.4 is 0 Å². The normalized spacial score (nSPS) is 10.5. The van der Waals surface area contributed by atoms with Crippen LogP contribution in [0.25, 0.3) is 0 Å². The first kappa shape index (κ1) is 14.0. The summed E-state index contributed by atoms with van der Waals surface area (Å²) in [5.41, 5.74) is 1.50. The Kier molecular flexibility index (Phi) is 4.56. The van der Waals surface area contributed by atoms with Crippen LogP contribution >= 0.6 is 22.9 Å². The summed E-state index contributed by atoms with van der Waals surface area (Å²) in [6.07, 6.45) is 0.672. The van der Waals surface area contributed by atoms with Crippen LogP contribution in [-0.2, 0) is 11.2 Å². The molecule has 0 bridgehead atoms. The van der Waals surface area contributed by atoms with E-state index in [1.54, 1.807) is 6.92 Å². The summed E-state index contributed by atoms with van der Waals surface area (Å²) in [4.78, 5) is 16.9. The highest BCUT2D eigenvalue weighted by Gasteiger charge is 2.16. The lowest BCUT2D eigenvalue weighted by molar-refractivity contribution is 0.0519. The molecule has 0 N–H and O–H groups in total. The van der Waals surface area contributed by atoms with E-state index in [-0.39, 0.29) is 5.97 Å². The first-order valence-electron chi connectivity index (χ1n) is 5.98. The molecule has 2 rings (SSSR count). The summed E-state index contributed by atoms with van der Waals surface area (Å²) < 4.78 is 4.98. The molecule has 0 atom stereocenters. The van der Waals surface area contributed by atoms with Gasteiger partial charge in [0.15, 0.2) is 5.69 Å². The Morgan fingerprint density at radius 2 is 2.26 bits per heavy atom. The van der Waals surface area contributed by atoms with Crippen LogP contribution in [0.15, 0.2) is 24.3 Å². The van der Waals surface area contributed by atoms with Crippen molar-refractivity contribution in [3.63, 3.8) is 0 Å².